The molecule has 2 nitrogen and oxygen atoms in total. The predicted molar refractivity (Wildman–Crippen MR) is 58.0 cm³/mol. The standard InChI is InChI=1S/C11H24N2/c1-10(2)11(3,4)13-8-6-12(5)7-9-13/h10H,6-9H2,1-5H3. The Bertz CT molecular complexity index is 155. The molecule has 0 aromatic heterocycles. The smallest absolute Gasteiger partial charge is 0.0177 e. The van der Waals surface area contributed by atoms with Crippen molar-refractivity contribution in [3.05, 3.63) is 0 Å². The van der Waals surface area contributed by atoms with Crippen LogP contribution >= 0.6 is 0 Å². The molecule has 0 saturated carbocycles. The highest BCUT2D eigenvalue weighted by Crippen LogP contribution is 2.24. The van der Waals surface area contributed by atoms with Crippen LogP contribution in [0, 0.1) is 5.92 Å². The Morgan fingerprint density at radius 2 is 1.46 bits per heavy atom. The summed E-state index contributed by atoms with van der Waals surface area (Å²) in [5, 5.41) is 0. The van der Waals surface area contributed by atoms with Gasteiger partial charge in [0, 0.05) is 31.7 Å². The summed E-state index contributed by atoms with van der Waals surface area (Å²) in [6, 6.07) is 0. The number of hydrogen-bond donors (Lipinski definition) is 0. The van der Waals surface area contributed by atoms with Gasteiger partial charge in [0.05, 0.1) is 0 Å². The van der Waals surface area contributed by atoms with Gasteiger partial charge in [-0.2, -0.15) is 0 Å². The SMILES string of the molecule is CC(C)C(C)(C)N1CCN(C)CC1. The lowest BCUT2D eigenvalue weighted by Gasteiger charge is -2.45. The van der Waals surface area contributed by atoms with Gasteiger partial charge in [0.1, 0.15) is 0 Å². The van der Waals surface area contributed by atoms with E-state index in [2.05, 4.69) is 44.5 Å². The van der Waals surface area contributed by atoms with Gasteiger partial charge in [-0.15, -0.1) is 0 Å². The third-order valence-corrected chi connectivity index (χ3v) is 3.73. The summed E-state index contributed by atoms with van der Waals surface area (Å²) in [5.41, 5.74) is 0.362. The van der Waals surface area contributed by atoms with Crippen molar-refractivity contribution in [1.82, 2.24) is 9.80 Å². The number of nitrogens with zero attached hydrogens (tertiary/aromatic N) is 2. The van der Waals surface area contributed by atoms with Crippen LogP contribution < -0.4 is 0 Å². The molecule has 1 saturated heterocycles. The second-order valence-electron chi connectivity index (χ2n) is 5.10. The highest BCUT2D eigenvalue weighted by molar-refractivity contribution is 4.87. The zero-order chi connectivity index (χ0) is 10.1. The van der Waals surface area contributed by atoms with E-state index in [0.717, 1.165) is 5.92 Å². The van der Waals surface area contributed by atoms with E-state index in [1.807, 2.05) is 0 Å². The average molecular weight is 184 g/mol. The molecule has 0 spiro atoms. The van der Waals surface area contributed by atoms with Crippen LogP contribution in [0.1, 0.15) is 27.7 Å². The Kier molecular flexibility index (Phi) is 3.36. The summed E-state index contributed by atoms with van der Waals surface area (Å²) in [6.45, 7) is 14.2. The summed E-state index contributed by atoms with van der Waals surface area (Å²) >= 11 is 0. The van der Waals surface area contributed by atoms with Crippen molar-refractivity contribution in [2.45, 2.75) is 33.2 Å². The van der Waals surface area contributed by atoms with Crippen molar-refractivity contribution in [1.29, 1.82) is 0 Å². The Hall–Kier alpha value is -0.0800. The zero-order valence-electron chi connectivity index (χ0n) is 9.80. The molecule has 0 radical (unpaired) electrons. The maximum absolute atomic E-state index is 2.62. The minimum Gasteiger partial charge on any atom is -0.304 e. The molecule has 0 N–H and O–H groups in total. The minimum atomic E-state index is 0.362. The quantitative estimate of drug-likeness (QED) is 0.644. The van der Waals surface area contributed by atoms with Crippen molar-refractivity contribution in [3.8, 4) is 0 Å². The van der Waals surface area contributed by atoms with Crippen molar-refractivity contribution >= 4 is 0 Å². The van der Waals surface area contributed by atoms with Crippen LogP contribution in [0.25, 0.3) is 0 Å². The largest absolute Gasteiger partial charge is 0.304 e. The molecule has 0 bridgehead atoms. The second kappa shape index (κ2) is 3.97. The molecular weight excluding hydrogens is 160 g/mol. The predicted octanol–water partition coefficient (Wildman–Crippen LogP) is 1.67. The average Bonchev–Trinajstić information content (AvgIpc) is 2.04. The zero-order valence-corrected chi connectivity index (χ0v) is 9.80. The molecule has 0 unspecified atom stereocenters. The monoisotopic (exact) mass is 184 g/mol. The fourth-order valence-electron chi connectivity index (χ4n) is 1.75. The highest BCUT2D eigenvalue weighted by Gasteiger charge is 2.31. The molecule has 1 fully saturated rings. The maximum atomic E-state index is 2.62. The molecule has 0 aromatic rings. The summed E-state index contributed by atoms with van der Waals surface area (Å²) in [6.07, 6.45) is 0. The van der Waals surface area contributed by atoms with Crippen molar-refractivity contribution in [2.24, 2.45) is 5.92 Å². The molecule has 0 atom stereocenters. The van der Waals surface area contributed by atoms with Crippen LogP contribution in [-0.4, -0.2) is 48.6 Å². The Morgan fingerprint density at radius 3 is 1.85 bits per heavy atom. The van der Waals surface area contributed by atoms with Crippen LogP contribution in [-0.2, 0) is 0 Å². The van der Waals surface area contributed by atoms with E-state index in [0.29, 0.717) is 5.54 Å². The normalized spacial score (nSPS) is 22.6. The van der Waals surface area contributed by atoms with E-state index < -0.39 is 0 Å². The van der Waals surface area contributed by atoms with E-state index in [9.17, 15) is 0 Å². The fourth-order valence-corrected chi connectivity index (χ4v) is 1.75. The second-order valence-corrected chi connectivity index (χ2v) is 5.10. The topological polar surface area (TPSA) is 6.48 Å². The summed E-state index contributed by atoms with van der Waals surface area (Å²) in [7, 11) is 2.21. The fraction of sp³-hybridized carbons (Fsp3) is 1.00. The van der Waals surface area contributed by atoms with Gasteiger partial charge in [0.15, 0.2) is 0 Å². The number of hydrogen-bond acceptors (Lipinski definition) is 2. The lowest BCUT2D eigenvalue weighted by atomic mass is 9.88. The molecule has 0 aliphatic carbocycles. The van der Waals surface area contributed by atoms with Crippen molar-refractivity contribution in [2.75, 3.05) is 33.2 Å². The van der Waals surface area contributed by atoms with E-state index >= 15 is 0 Å². The Morgan fingerprint density at radius 1 is 1.00 bits per heavy atom. The molecule has 1 aliphatic heterocycles. The molecule has 2 heteroatoms. The minimum absolute atomic E-state index is 0.362. The van der Waals surface area contributed by atoms with Crippen LogP contribution in [0.3, 0.4) is 0 Å². The van der Waals surface area contributed by atoms with Gasteiger partial charge in [0.2, 0.25) is 0 Å². The first-order valence-corrected chi connectivity index (χ1v) is 5.38. The summed E-state index contributed by atoms with van der Waals surface area (Å²) < 4.78 is 0. The van der Waals surface area contributed by atoms with Gasteiger partial charge < -0.3 is 4.90 Å². The van der Waals surface area contributed by atoms with Crippen molar-refractivity contribution < 1.29 is 0 Å². The Labute approximate surface area is 82.9 Å². The van der Waals surface area contributed by atoms with Crippen LogP contribution in [0.2, 0.25) is 0 Å². The van der Waals surface area contributed by atoms with Crippen molar-refractivity contribution in [3.63, 3.8) is 0 Å². The lowest BCUT2D eigenvalue weighted by molar-refractivity contribution is 0.0330. The first-order chi connectivity index (χ1) is 5.94. The van der Waals surface area contributed by atoms with Gasteiger partial charge in [-0.3, -0.25) is 4.90 Å². The Balaban J connectivity index is 2.52. The van der Waals surface area contributed by atoms with Gasteiger partial charge in [-0.25, -0.2) is 0 Å². The van der Waals surface area contributed by atoms with E-state index in [1.54, 1.807) is 0 Å². The molecular formula is C11H24N2. The molecule has 0 aromatic carbocycles. The lowest BCUT2D eigenvalue weighted by Crippen LogP contribution is -2.55. The van der Waals surface area contributed by atoms with Gasteiger partial charge in [-0.1, -0.05) is 13.8 Å². The molecule has 0 amide bonds. The maximum Gasteiger partial charge on any atom is 0.0177 e. The van der Waals surface area contributed by atoms with Crippen LogP contribution in [0.15, 0.2) is 0 Å². The van der Waals surface area contributed by atoms with Gasteiger partial charge >= 0.3 is 0 Å². The third-order valence-electron chi connectivity index (χ3n) is 3.73. The number of likely N-dealkylation sites (N-methyl/N-ethyl adjacent to an activating group) is 1. The molecule has 1 aliphatic rings. The van der Waals surface area contributed by atoms with E-state index in [-0.39, 0.29) is 0 Å². The van der Waals surface area contributed by atoms with Crippen LogP contribution in [0.5, 0.6) is 0 Å². The third kappa shape index (κ3) is 2.44. The number of piperazine rings is 1. The summed E-state index contributed by atoms with van der Waals surface area (Å²) in [5.74, 6) is 0.732. The van der Waals surface area contributed by atoms with Crippen LogP contribution in [0.4, 0.5) is 0 Å². The molecule has 1 rings (SSSR count). The molecule has 78 valence electrons. The van der Waals surface area contributed by atoms with E-state index in [4.69, 9.17) is 0 Å². The first-order valence-electron chi connectivity index (χ1n) is 5.38. The van der Waals surface area contributed by atoms with Gasteiger partial charge in [-0.05, 0) is 26.8 Å². The number of rotatable bonds is 2. The highest BCUT2D eigenvalue weighted by atomic mass is 15.3. The summed E-state index contributed by atoms with van der Waals surface area (Å²) in [4.78, 5) is 5.03. The molecule has 1 heterocycles. The van der Waals surface area contributed by atoms with E-state index in [1.165, 1.54) is 26.2 Å². The molecule has 13 heavy (non-hydrogen) atoms. The van der Waals surface area contributed by atoms with Gasteiger partial charge in [0.25, 0.3) is 0 Å². The first kappa shape index (κ1) is 11.0.